The van der Waals surface area contributed by atoms with Crippen molar-refractivity contribution in [1.82, 2.24) is 5.32 Å². The van der Waals surface area contributed by atoms with E-state index in [0.717, 1.165) is 28.8 Å². The molecule has 0 saturated heterocycles. The van der Waals surface area contributed by atoms with Gasteiger partial charge in [-0.15, -0.1) is 12.1 Å². The summed E-state index contributed by atoms with van der Waals surface area (Å²) in [7, 11) is 0. The zero-order valence-electron chi connectivity index (χ0n) is 17.2. The zero-order chi connectivity index (χ0) is 21.1. The average Bonchev–Trinajstić information content (AvgIpc) is 2.85. The van der Waals surface area contributed by atoms with E-state index in [1.807, 2.05) is 91.3 Å². The molecule has 154 valence electrons. The topological polar surface area (TPSA) is 41.2 Å². The third kappa shape index (κ3) is 5.75. The number of nitrogens with zero attached hydrogens (tertiary/aromatic N) is 2. The smallest absolute Gasteiger partial charge is 0.0642 e. The first-order valence-corrected chi connectivity index (χ1v) is 10.3. The van der Waals surface area contributed by atoms with Gasteiger partial charge < -0.3 is 9.89 Å². The Morgan fingerprint density at radius 1 is 0.677 bits per heavy atom. The molecule has 0 aliphatic rings. The lowest BCUT2D eigenvalue weighted by atomic mass is 10.1. The van der Waals surface area contributed by atoms with E-state index in [9.17, 15) is 0 Å². The molecule has 0 aliphatic heterocycles. The summed E-state index contributed by atoms with van der Waals surface area (Å²) in [5.41, 5.74) is 4.05. The Morgan fingerprint density at radius 3 is 1.87 bits per heavy atom. The quantitative estimate of drug-likeness (QED) is 0.113. The van der Waals surface area contributed by atoms with Crippen molar-refractivity contribution in [3.05, 3.63) is 138 Å². The van der Waals surface area contributed by atoms with Crippen LogP contribution in [-0.4, -0.2) is 17.6 Å². The van der Waals surface area contributed by atoms with Gasteiger partial charge in [-0.1, -0.05) is 90.5 Å². The summed E-state index contributed by atoms with van der Waals surface area (Å²) in [6.07, 6.45) is 2.80. The Balaban J connectivity index is 1.63. The van der Waals surface area contributed by atoms with Crippen LogP contribution in [0, 0.1) is 6.17 Å². The molecule has 0 saturated carbocycles. The number of hydrogen-bond donors (Lipinski definition) is 2. The minimum atomic E-state index is 0.566. The molecule has 0 radical (unpaired) electrons. The predicted octanol–water partition coefficient (Wildman–Crippen LogP) is 6.26. The maximum atomic E-state index is 4.72. The molecule has 0 fully saturated rings. The van der Waals surface area contributed by atoms with Gasteiger partial charge in [-0.05, 0) is 30.0 Å². The van der Waals surface area contributed by atoms with Crippen molar-refractivity contribution in [2.75, 3.05) is 12.0 Å². The highest BCUT2D eigenvalue weighted by Crippen LogP contribution is 2.24. The molecule has 2 N–H and O–H groups in total. The summed E-state index contributed by atoms with van der Waals surface area (Å²) >= 11 is 0. The van der Waals surface area contributed by atoms with Crippen molar-refractivity contribution in [3.8, 4) is 0 Å². The van der Waals surface area contributed by atoms with Crippen LogP contribution in [0.25, 0.3) is 5.32 Å². The number of rotatable bonds is 9. The molecule has 0 aromatic heterocycles. The van der Waals surface area contributed by atoms with E-state index in [4.69, 9.17) is 5.32 Å². The van der Waals surface area contributed by atoms with Crippen LogP contribution in [0.15, 0.2) is 121 Å². The molecule has 4 heteroatoms. The highest BCUT2D eigenvalue weighted by Gasteiger charge is 2.09. The van der Waals surface area contributed by atoms with Gasteiger partial charge in [0.15, 0.2) is 0 Å². The lowest BCUT2D eigenvalue weighted by Gasteiger charge is -2.33. The molecule has 4 nitrogen and oxygen atoms in total. The van der Waals surface area contributed by atoms with Crippen molar-refractivity contribution >= 4 is 23.4 Å². The fourth-order valence-corrected chi connectivity index (χ4v) is 3.19. The third-order valence-electron chi connectivity index (χ3n) is 4.72. The second-order valence-corrected chi connectivity index (χ2v) is 6.90. The fraction of sp³-hybridized carbons (Fsp3) is 0.0370. The summed E-state index contributed by atoms with van der Waals surface area (Å²) < 4.78 is 2.08. The molecular weight excluding hydrogens is 380 g/mol. The Hall–Kier alpha value is -4.02. The van der Waals surface area contributed by atoms with Crippen molar-refractivity contribution in [1.29, 1.82) is 0 Å². The standard InChI is InChI=1S/C27H25N4/c1-5-13-23(14-6-1)27(29-21-28-24-15-7-2-8-16-24)31(26-19-11-4-12-20-26)22-30-25-17-9-3-10-18-25/h1-20,22,28-29H,21H2/q-1. The Morgan fingerprint density at radius 2 is 1.23 bits per heavy atom. The van der Waals surface area contributed by atoms with Crippen LogP contribution in [0.3, 0.4) is 0 Å². The Bertz CT molecular complexity index is 1070. The van der Waals surface area contributed by atoms with E-state index >= 15 is 0 Å². The second-order valence-electron chi connectivity index (χ2n) is 6.90. The predicted molar refractivity (Wildman–Crippen MR) is 129 cm³/mol. The van der Waals surface area contributed by atoms with Gasteiger partial charge >= 0.3 is 0 Å². The molecule has 0 aliphatic carbocycles. The van der Waals surface area contributed by atoms with Gasteiger partial charge in [0.25, 0.3) is 0 Å². The van der Waals surface area contributed by atoms with Crippen LogP contribution in [0.2, 0.25) is 0 Å². The van der Waals surface area contributed by atoms with Crippen molar-refractivity contribution < 1.29 is 4.58 Å². The summed E-state index contributed by atoms with van der Waals surface area (Å²) in [5.74, 6) is 0. The van der Waals surface area contributed by atoms with Crippen LogP contribution in [-0.2, 0) is 0 Å². The molecule has 0 heterocycles. The molecule has 4 aromatic rings. The van der Waals surface area contributed by atoms with Crippen molar-refractivity contribution in [2.45, 2.75) is 0 Å². The second kappa shape index (κ2) is 10.7. The Kier molecular flexibility index (Phi) is 6.97. The molecule has 31 heavy (non-hydrogen) atoms. The molecule has 0 spiro atoms. The van der Waals surface area contributed by atoms with Crippen LogP contribution in [0.1, 0.15) is 5.56 Å². The van der Waals surface area contributed by atoms with Crippen LogP contribution in [0.4, 0.5) is 17.1 Å². The minimum absolute atomic E-state index is 0.566. The van der Waals surface area contributed by atoms with E-state index in [0.29, 0.717) is 6.67 Å². The first-order chi connectivity index (χ1) is 15.4. The van der Waals surface area contributed by atoms with E-state index in [1.54, 1.807) is 0 Å². The molecule has 0 atom stereocenters. The summed E-state index contributed by atoms with van der Waals surface area (Å²) in [5, 5.41) is 11.7. The minimum Gasteiger partial charge on any atom is -0.388 e. The Labute approximate surface area is 183 Å². The van der Waals surface area contributed by atoms with Gasteiger partial charge in [0.2, 0.25) is 0 Å². The lowest BCUT2D eigenvalue weighted by Crippen LogP contribution is -2.34. The molecule has 0 bridgehead atoms. The van der Waals surface area contributed by atoms with Gasteiger partial charge in [-0.25, -0.2) is 0 Å². The largest absolute Gasteiger partial charge is 0.388 e. The van der Waals surface area contributed by atoms with Gasteiger partial charge in [0, 0.05) is 18.2 Å². The highest BCUT2D eigenvalue weighted by molar-refractivity contribution is 5.80. The maximum absolute atomic E-state index is 4.72. The monoisotopic (exact) mass is 405 g/mol. The molecule has 0 unspecified atom stereocenters. The first-order valence-electron chi connectivity index (χ1n) is 10.3. The zero-order valence-corrected chi connectivity index (χ0v) is 17.2. The lowest BCUT2D eigenvalue weighted by molar-refractivity contribution is -0.420. The summed E-state index contributed by atoms with van der Waals surface area (Å²) in [6.45, 7) is 0.566. The van der Waals surface area contributed by atoms with Crippen LogP contribution < -0.4 is 10.6 Å². The first kappa shape index (κ1) is 20.3. The third-order valence-corrected chi connectivity index (χ3v) is 4.72. The van der Waals surface area contributed by atoms with E-state index < -0.39 is 0 Å². The van der Waals surface area contributed by atoms with Gasteiger partial charge in [-0.2, -0.15) is 0 Å². The summed E-state index contributed by atoms with van der Waals surface area (Å²) in [6, 6.07) is 40.6. The normalized spacial score (nSPS) is 11.0. The van der Waals surface area contributed by atoms with Crippen molar-refractivity contribution in [3.63, 3.8) is 0 Å². The highest BCUT2D eigenvalue weighted by atomic mass is 15.3. The van der Waals surface area contributed by atoms with E-state index in [-0.39, 0.29) is 0 Å². The SMILES string of the molecule is C(/[N-]c1ccccc1)=[N+](\c1ccccc1)[C-](NCNc1ccccc1)c1ccccc1. The average molecular weight is 406 g/mol. The van der Waals surface area contributed by atoms with Gasteiger partial charge in [0.1, 0.15) is 0 Å². The number of nitrogens with one attached hydrogen (secondary N) is 2. The number of para-hydroxylation sites is 3. The molecular formula is C27H25N4-. The summed E-state index contributed by atoms with van der Waals surface area (Å²) in [4.78, 5) is 0. The van der Waals surface area contributed by atoms with Gasteiger partial charge in [0.05, 0.1) is 12.4 Å². The molecule has 4 rings (SSSR count). The fourth-order valence-electron chi connectivity index (χ4n) is 3.19. The maximum Gasteiger partial charge on any atom is 0.0642 e. The number of anilines is 1. The van der Waals surface area contributed by atoms with E-state index in [1.165, 1.54) is 0 Å². The molecule has 4 aromatic carbocycles. The molecule has 0 amide bonds. The van der Waals surface area contributed by atoms with Crippen LogP contribution >= 0.6 is 0 Å². The van der Waals surface area contributed by atoms with Gasteiger partial charge in [-0.3, -0.25) is 10.6 Å². The van der Waals surface area contributed by atoms with E-state index in [2.05, 4.69) is 51.6 Å². The van der Waals surface area contributed by atoms with Crippen LogP contribution in [0.5, 0.6) is 0 Å². The number of hydrogen-bond acceptors (Lipinski definition) is 2. The number of benzene rings is 4. The van der Waals surface area contributed by atoms with Crippen molar-refractivity contribution in [2.24, 2.45) is 0 Å².